The van der Waals surface area contributed by atoms with Gasteiger partial charge in [0.2, 0.25) is 0 Å². The van der Waals surface area contributed by atoms with Gasteiger partial charge in [0.15, 0.2) is 0 Å². The summed E-state index contributed by atoms with van der Waals surface area (Å²) in [6.45, 7) is 9.78. The van der Waals surface area contributed by atoms with E-state index in [1.807, 2.05) is 19.2 Å². The molecule has 0 radical (unpaired) electrons. The molecule has 0 aliphatic heterocycles. The summed E-state index contributed by atoms with van der Waals surface area (Å²) in [4.78, 5) is 0. The molecular weight excluding hydrogens is 362 g/mol. The molecule has 0 aliphatic carbocycles. The van der Waals surface area contributed by atoms with E-state index in [1.54, 1.807) is 0 Å². The number of rotatable bonds is 9. The molecule has 156 valence electrons. The van der Waals surface area contributed by atoms with Gasteiger partial charge < -0.3 is 5.32 Å². The maximum atomic E-state index is 5.58. The molecule has 0 amide bonds. The van der Waals surface area contributed by atoms with Gasteiger partial charge in [-0.25, -0.2) is 0 Å². The molecule has 0 bridgehead atoms. The lowest BCUT2D eigenvalue weighted by molar-refractivity contribution is 0.817. The van der Waals surface area contributed by atoms with Crippen molar-refractivity contribution in [2.45, 2.75) is 53.5 Å². The normalized spacial score (nSPS) is 13.1. The molecule has 0 heterocycles. The average molecular weight is 398 g/mol. The summed E-state index contributed by atoms with van der Waals surface area (Å²) < 4.78 is 0. The van der Waals surface area contributed by atoms with Crippen molar-refractivity contribution in [2.24, 2.45) is 0 Å². The molecule has 2 rings (SSSR count). The first-order valence-electron chi connectivity index (χ1n) is 10.9. The second kappa shape index (κ2) is 12.0. The fourth-order valence-electron chi connectivity index (χ4n) is 3.51. The molecule has 2 aromatic carbocycles. The van der Waals surface area contributed by atoms with E-state index < -0.39 is 0 Å². The highest BCUT2D eigenvalue weighted by atomic mass is 14.8. The maximum Gasteiger partial charge on any atom is 0.0248 e. The topological polar surface area (TPSA) is 12.0 Å². The molecule has 0 aliphatic rings. The van der Waals surface area contributed by atoms with Gasteiger partial charge in [0.05, 0.1) is 0 Å². The van der Waals surface area contributed by atoms with Crippen LogP contribution in [0.5, 0.6) is 0 Å². The minimum Gasteiger partial charge on any atom is -0.316 e. The van der Waals surface area contributed by atoms with Crippen molar-refractivity contribution in [3.05, 3.63) is 99.7 Å². The zero-order valence-electron chi connectivity index (χ0n) is 19.2. The van der Waals surface area contributed by atoms with Crippen LogP contribution in [0.15, 0.2) is 77.4 Å². The minimum absolute atomic E-state index is 0.904. The van der Waals surface area contributed by atoms with Gasteiger partial charge in [0.1, 0.15) is 0 Å². The van der Waals surface area contributed by atoms with Gasteiger partial charge in [-0.2, -0.15) is 0 Å². The van der Waals surface area contributed by atoms with Crippen LogP contribution in [0.3, 0.4) is 0 Å². The van der Waals surface area contributed by atoms with E-state index in [0.29, 0.717) is 0 Å². The first-order chi connectivity index (χ1) is 14.5. The molecule has 1 nitrogen and oxygen atoms in total. The highest BCUT2D eigenvalue weighted by Gasteiger charge is 2.05. The summed E-state index contributed by atoms with van der Waals surface area (Å²) in [6, 6.07) is 17.2. The first kappa shape index (κ1) is 23.5. The largest absolute Gasteiger partial charge is 0.316 e. The molecule has 0 aromatic heterocycles. The monoisotopic (exact) mass is 397 g/mol. The Kier molecular flexibility index (Phi) is 9.39. The number of allylic oxidation sites excluding steroid dienone is 6. The smallest absolute Gasteiger partial charge is 0.0248 e. The number of terminal acetylenes is 1. The summed E-state index contributed by atoms with van der Waals surface area (Å²) in [6.07, 6.45) is 13.2. The number of hydrogen-bond donors (Lipinski definition) is 1. The third-order valence-electron chi connectivity index (χ3n) is 5.69. The Bertz CT molecular complexity index is 962. The standard InChI is InChI=1S/C29H35N/c1-7-22(4)28(20-25-13-15-26(16-14-25)21-30-6)18-17-27(9-3)23(5)29-12-10-11-24(8-2)19-29/h2,10-19,30H,7,9,20-21H2,1,3-6H3/b18-17-,27-23+,28-22-. The zero-order valence-corrected chi connectivity index (χ0v) is 19.2. The van der Waals surface area contributed by atoms with Crippen LogP contribution < -0.4 is 5.32 Å². The molecule has 0 unspecified atom stereocenters. The molecule has 2 aromatic rings. The van der Waals surface area contributed by atoms with Crippen LogP contribution in [0, 0.1) is 12.3 Å². The van der Waals surface area contributed by atoms with Gasteiger partial charge in [-0.05, 0) is 85.7 Å². The Labute approximate surface area is 183 Å². The predicted octanol–water partition coefficient (Wildman–Crippen LogP) is 7.10. The van der Waals surface area contributed by atoms with Gasteiger partial charge in [0.25, 0.3) is 0 Å². The van der Waals surface area contributed by atoms with E-state index in [4.69, 9.17) is 6.42 Å². The Morgan fingerprint density at radius 3 is 2.20 bits per heavy atom. The zero-order chi connectivity index (χ0) is 21.9. The second-order valence-electron chi connectivity index (χ2n) is 7.74. The SMILES string of the molecule is C#Cc1cccc(/C(C)=C(/C=C\C(Cc2ccc(CNC)cc2)=C(/C)CC)CC)c1. The number of nitrogens with one attached hydrogen (secondary N) is 1. The van der Waals surface area contributed by atoms with E-state index in [-0.39, 0.29) is 0 Å². The summed E-state index contributed by atoms with van der Waals surface area (Å²) in [5.74, 6) is 2.74. The van der Waals surface area contributed by atoms with Crippen molar-refractivity contribution >= 4 is 5.57 Å². The quantitative estimate of drug-likeness (QED) is 0.351. The lowest BCUT2D eigenvalue weighted by Gasteiger charge is -2.11. The van der Waals surface area contributed by atoms with Crippen molar-refractivity contribution in [2.75, 3.05) is 7.05 Å². The first-order valence-corrected chi connectivity index (χ1v) is 10.9. The number of benzene rings is 2. The van der Waals surface area contributed by atoms with Crippen molar-refractivity contribution in [3.63, 3.8) is 0 Å². The van der Waals surface area contributed by atoms with Crippen LogP contribution in [0.1, 0.15) is 62.8 Å². The third kappa shape index (κ3) is 6.61. The molecule has 30 heavy (non-hydrogen) atoms. The summed E-state index contributed by atoms with van der Waals surface area (Å²) in [7, 11) is 1.98. The lowest BCUT2D eigenvalue weighted by Crippen LogP contribution is -2.04. The van der Waals surface area contributed by atoms with E-state index in [9.17, 15) is 0 Å². The van der Waals surface area contributed by atoms with Crippen LogP contribution in [-0.2, 0) is 13.0 Å². The molecule has 0 saturated carbocycles. The summed E-state index contributed by atoms with van der Waals surface area (Å²) in [5, 5.41) is 3.21. The fourth-order valence-corrected chi connectivity index (χ4v) is 3.51. The van der Waals surface area contributed by atoms with Crippen LogP contribution in [0.25, 0.3) is 5.57 Å². The van der Waals surface area contributed by atoms with Gasteiger partial charge >= 0.3 is 0 Å². The highest BCUT2D eigenvalue weighted by molar-refractivity contribution is 5.70. The Morgan fingerprint density at radius 2 is 1.60 bits per heavy atom. The van der Waals surface area contributed by atoms with Crippen LogP contribution in [0.4, 0.5) is 0 Å². The second-order valence-corrected chi connectivity index (χ2v) is 7.74. The van der Waals surface area contributed by atoms with Crippen LogP contribution in [-0.4, -0.2) is 7.05 Å². The van der Waals surface area contributed by atoms with Gasteiger partial charge in [-0.15, -0.1) is 6.42 Å². The molecular formula is C29H35N. The van der Waals surface area contributed by atoms with Crippen molar-refractivity contribution < 1.29 is 0 Å². The molecule has 0 fully saturated rings. The van der Waals surface area contributed by atoms with E-state index in [0.717, 1.165) is 31.4 Å². The van der Waals surface area contributed by atoms with Crippen LogP contribution >= 0.6 is 0 Å². The molecule has 0 spiro atoms. The predicted molar refractivity (Wildman–Crippen MR) is 132 cm³/mol. The average Bonchev–Trinajstić information content (AvgIpc) is 2.79. The van der Waals surface area contributed by atoms with Crippen molar-refractivity contribution in [1.82, 2.24) is 5.32 Å². The van der Waals surface area contributed by atoms with Gasteiger partial charge in [0, 0.05) is 12.1 Å². The summed E-state index contributed by atoms with van der Waals surface area (Å²) >= 11 is 0. The van der Waals surface area contributed by atoms with Gasteiger partial charge in [-0.1, -0.05) is 73.9 Å². The highest BCUT2D eigenvalue weighted by Crippen LogP contribution is 2.24. The third-order valence-corrected chi connectivity index (χ3v) is 5.69. The summed E-state index contributed by atoms with van der Waals surface area (Å²) in [5.41, 5.74) is 10.3. The Hall–Kier alpha value is -2.82. The Morgan fingerprint density at radius 1 is 0.933 bits per heavy atom. The number of hydrogen-bond acceptors (Lipinski definition) is 1. The van der Waals surface area contributed by atoms with E-state index in [1.165, 1.54) is 39.0 Å². The molecule has 0 atom stereocenters. The molecule has 1 N–H and O–H groups in total. The fraction of sp³-hybridized carbons (Fsp3) is 0.310. The maximum absolute atomic E-state index is 5.58. The molecule has 0 saturated heterocycles. The van der Waals surface area contributed by atoms with Crippen LogP contribution in [0.2, 0.25) is 0 Å². The minimum atomic E-state index is 0.904. The van der Waals surface area contributed by atoms with E-state index in [2.05, 4.69) is 87.5 Å². The van der Waals surface area contributed by atoms with Gasteiger partial charge in [-0.3, -0.25) is 0 Å². The van der Waals surface area contributed by atoms with E-state index >= 15 is 0 Å². The van der Waals surface area contributed by atoms with Crippen molar-refractivity contribution in [1.29, 1.82) is 0 Å². The lowest BCUT2D eigenvalue weighted by atomic mass is 9.94. The Balaban J connectivity index is 2.30. The molecule has 1 heteroatoms. The van der Waals surface area contributed by atoms with Crippen molar-refractivity contribution in [3.8, 4) is 12.3 Å².